The molecule has 2 aromatic heterocycles. The molecule has 200 valence electrons. The molecule has 3 N–H and O–H groups in total. The molecule has 1 aromatic carbocycles. The molecule has 0 amide bonds. The van der Waals surface area contributed by atoms with Crippen molar-refractivity contribution in [2.75, 3.05) is 19.0 Å². The van der Waals surface area contributed by atoms with Gasteiger partial charge in [-0.15, -0.1) is 0 Å². The van der Waals surface area contributed by atoms with Crippen LogP contribution in [0.4, 0.5) is 5.82 Å². The second-order valence-corrected chi connectivity index (χ2v) is 9.70. The molecular formula is C30H33N7O2. The molecule has 9 nitrogen and oxygen atoms in total. The molecule has 0 unspecified atom stereocenters. The van der Waals surface area contributed by atoms with Gasteiger partial charge in [0.1, 0.15) is 11.7 Å². The van der Waals surface area contributed by atoms with Gasteiger partial charge in [-0.05, 0) is 48.4 Å². The molecule has 1 aliphatic carbocycles. The Hall–Kier alpha value is -4.58. The van der Waals surface area contributed by atoms with Gasteiger partial charge in [0.15, 0.2) is 0 Å². The monoisotopic (exact) mass is 523 g/mol. The van der Waals surface area contributed by atoms with Crippen molar-refractivity contribution in [2.24, 2.45) is 10.7 Å². The van der Waals surface area contributed by atoms with E-state index in [4.69, 9.17) is 10.5 Å². The molecule has 0 bridgehead atoms. The first kappa shape index (κ1) is 27.5. The predicted molar refractivity (Wildman–Crippen MR) is 152 cm³/mol. The van der Waals surface area contributed by atoms with Crippen molar-refractivity contribution >= 4 is 23.2 Å². The third-order valence-corrected chi connectivity index (χ3v) is 6.83. The van der Waals surface area contributed by atoms with Crippen molar-refractivity contribution in [2.45, 2.75) is 51.4 Å². The van der Waals surface area contributed by atoms with E-state index in [1.807, 2.05) is 37.3 Å². The third-order valence-electron chi connectivity index (χ3n) is 6.83. The van der Waals surface area contributed by atoms with Crippen LogP contribution in [-0.2, 0) is 21.4 Å². The summed E-state index contributed by atoms with van der Waals surface area (Å²) in [7, 11) is 1.67. The van der Waals surface area contributed by atoms with Crippen molar-refractivity contribution in [3.05, 3.63) is 77.6 Å². The Bertz CT molecular complexity index is 1450. The highest BCUT2D eigenvalue weighted by Gasteiger charge is 2.52. The molecule has 1 saturated carbocycles. The first-order valence-electron chi connectivity index (χ1n) is 13.0. The van der Waals surface area contributed by atoms with Crippen LogP contribution in [0.5, 0.6) is 0 Å². The molecule has 0 spiro atoms. The van der Waals surface area contributed by atoms with Crippen LogP contribution in [0.2, 0.25) is 0 Å². The van der Waals surface area contributed by atoms with Gasteiger partial charge < -0.3 is 15.8 Å². The average molecular weight is 524 g/mol. The number of nitrogens with two attached hydrogens (primary N) is 1. The van der Waals surface area contributed by atoms with Crippen LogP contribution in [0.1, 0.15) is 62.0 Å². The van der Waals surface area contributed by atoms with E-state index in [9.17, 15) is 10.1 Å². The minimum atomic E-state index is -0.594. The fraction of sp³-hybridized carbons (Fsp3) is 0.333. The zero-order valence-corrected chi connectivity index (χ0v) is 22.7. The van der Waals surface area contributed by atoms with Crippen LogP contribution < -0.4 is 11.1 Å². The van der Waals surface area contributed by atoms with Crippen molar-refractivity contribution in [1.29, 1.82) is 5.26 Å². The van der Waals surface area contributed by atoms with Crippen LogP contribution in [0.25, 0.3) is 16.7 Å². The van der Waals surface area contributed by atoms with Gasteiger partial charge in [-0.25, -0.2) is 4.98 Å². The lowest BCUT2D eigenvalue weighted by atomic mass is 9.89. The standard InChI is InChI=1S/C30H33N7O2/c1-5-39-29(38)30(11-12-30)22-7-8-23(20(14-22)10-13-31)21-6-9-25(35-16-21)24(15-32)28(33-4)37-27-18-34-17-26(36-27)19(2)3/h6-9,14-19H,5,10-12,32H2,1-4H3,(H,33,36,37). The summed E-state index contributed by atoms with van der Waals surface area (Å²) in [6.07, 6.45) is 8.30. The molecule has 39 heavy (non-hydrogen) atoms. The summed E-state index contributed by atoms with van der Waals surface area (Å²) >= 11 is 0. The number of pyridine rings is 1. The first-order chi connectivity index (χ1) is 18.9. The SMILES string of the molecule is CCOC(=O)C1(c2ccc(-c3ccc(C(=CN)C(=NC)Nc4cncc(C(C)C)n4)nc3)c(CC#N)c2)CC1. The Morgan fingerprint density at radius 3 is 2.64 bits per heavy atom. The predicted octanol–water partition coefficient (Wildman–Crippen LogP) is 4.76. The first-order valence-corrected chi connectivity index (χ1v) is 13.0. The average Bonchev–Trinajstić information content (AvgIpc) is 3.76. The molecular weight excluding hydrogens is 490 g/mol. The number of aromatic nitrogens is 3. The largest absolute Gasteiger partial charge is 0.465 e. The number of carbonyl (C=O) groups is 1. The van der Waals surface area contributed by atoms with E-state index >= 15 is 0 Å². The van der Waals surface area contributed by atoms with Crippen LogP contribution in [0.3, 0.4) is 0 Å². The van der Waals surface area contributed by atoms with E-state index in [-0.39, 0.29) is 18.3 Å². The van der Waals surface area contributed by atoms with Gasteiger partial charge in [0.05, 0.1) is 47.7 Å². The maximum atomic E-state index is 12.6. The lowest BCUT2D eigenvalue weighted by Crippen LogP contribution is -2.23. The molecule has 1 aliphatic rings. The van der Waals surface area contributed by atoms with Gasteiger partial charge in [0.2, 0.25) is 0 Å². The van der Waals surface area contributed by atoms with E-state index in [1.54, 1.807) is 25.6 Å². The number of aliphatic imine (C=N–C) groups is 1. The molecule has 3 aromatic rings. The summed E-state index contributed by atoms with van der Waals surface area (Å²) in [4.78, 5) is 30.5. The number of carbonyl (C=O) groups excluding carboxylic acids is 1. The fourth-order valence-electron chi connectivity index (χ4n) is 4.49. The second kappa shape index (κ2) is 11.9. The van der Waals surface area contributed by atoms with Gasteiger partial charge in [-0.1, -0.05) is 38.1 Å². The molecule has 0 saturated heterocycles. The number of hydrogen-bond donors (Lipinski definition) is 2. The fourth-order valence-corrected chi connectivity index (χ4v) is 4.49. The highest BCUT2D eigenvalue weighted by molar-refractivity contribution is 6.27. The number of nitriles is 1. The van der Waals surface area contributed by atoms with E-state index in [1.165, 1.54) is 6.20 Å². The summed E-state index contributed by atoms with van der Waals surface area (Å²) in [5.41, 5.74) is 11.0. The summed E-state index contributed by atoms with van der Waals surface area (Å²) in [5, 5.41) is 12.7. The highest BCUT2D eigenvalue weighted by atomic mass is 16.5. The number of esters is 1. The van der Waals surface area contributed by atoms with Crippen LogP contribution in [-0.4, -0.2) is 40.4 Å². The molecule has 9 heteroatoms. The number of amidine groups is 1. The van der Waals surface area contributed by atoms with Gasteiger partial charge in [-0.2, -0.15) is 5.26 Å². The van der Waals surface area contributed by atoms with Gasteiger partial charge in [-0.3, -0.25) is 19.8 Å². The number of benzene rings is 1. The Morgan fingerprint density at radius 1 is 1.26 bits per heavy atom. The normalized spacial score (nSPS) is 14.6. The lowest BCUT2D eigenvalue weighted by Gasteiger charge is -2.17. The second-order valence-electron chi connectivity index (χ2n) is 9.70. The van der Waals surface area contributed by atoms with E-state index in [2.05, 4.69) is 45.2 Å². The Morgan fingerprint density at radius 2 is 2.05 bits per heavy atom. The smallest absolute Gasteiger partial charge is 0.316 e. The summed E-state index contributed by atoms with van der Waals surface area (Å²) < 4.78 is 5.31. The Balaban J connectivity index is 1.60. The van der Waals surface area contributed by atoms with Gasteiger partial charge in [0.25, 0.3) is 0 Å². The van der Waals surface area contributed by atoms with Gasteiger partial charge in [0, 0.05) is 31.2 Å². The number of ether oxygens (including phenoxy) is 1. The number of nitrogens with one attached hydrogen (secondary N) is 1. The molecule has 1 fully saturated rings. The van der Waals surface area contributed by atoms with Crippen LogP contribution in [0.15, 0.2) is 60.1 Å². The quantitative estimate of drug-likeness (QED) is 0.232. The lowest BCUT2D eigenvalue weighted by molar-refractivity contribution is -0.146. The zero-order valence-electron chi connectivity index (χ0n) is 22.7. The minimum Gasteiger partial charge on any atom is -0.465 e. The Labute approximate surface area is 228 Å². The molecule has 0 atom stereocenters. The minimum absolute atomic E-state index is 0.198. The van der Waals surface area contributed by atoms with Crippen LogP contribution >= 0.6 is 0 Å². The van der Waals surface area contributed by atoms with E-state index < -0.39 is 5.41 Å². The number of nitrogens with zero attached hydrogens (tertiary/aromatic N) is 5. The van der Waals surface area contributed by atoms with Crippen molar-refractivity contribution in [3.63, 3.8) is 0 Å². The summed E-state index contributed by atoms with van der Waals surface area (Å²) in [6.45, 7) is 6.26. The van der Waals surface area contributed by atoms with Crippen molar-refractivity contribution < 1.29 is 9.53 Å². The third kappa shape index (κ3) is 5.80. The molecule has 4 rings (SSSR count). The maximum absolute atomic E-state index is 12.6. The topological polar surface area (TPSA) is 139 Å². The van der Waals surface area contributed by atoms with Crippen LogP contribution in [0, 0.1) is 11.3 Å². The molecule has 0 radical (unpaired) electrons. The molecule has 2 heterocycles. The molecule has 0 aliphatic heterocycles. The van der Waals surface area contributed by atoms with E-state index in [0.29, 0.717) is 29.5 Å². The number of anilines is 1. The zero-order chi connectivity index (χ0) is 28.0. The highest BCUT2D eigenvalue weighted by Crippen LogP contribution is 2.50. The van der Waals surface area contributed by atoms with Crippen molar-refractivity contribution in [1.82, 2.24) is 15.0 Å². The Kier molecular flexibility index (Phi) is 8.35. The summed E-state index contributed by atoms with van der Waals surface area (Å²) in [5.74, 6) is 1.11. The van der Waals surface area contributed by atoms with Crippen molar-refractivity contribution in [3.8, 4) is 17.2 Å². The number of hydrogen-bond acceptors (Lipinski definition) is 8. The van der Waals surface area contributed by atoms with Gasteiger partial charge >= 0.3 is 5.97 Å². The number of rotatable bonds is 9. The summed E-state index contributed by atoms with van der Waals surface area (Å²) in [6, 6.07) is 11.9. The van der Waals surface area contributed by atoms with E-state index in [0.717, 1.165) is 40.8 Å². The maximum Gasteiger partial charge on any atom is 0.316 e.